The zero-order valence-corrected chi connectivity index (χ0v) is 11.6. The molecule has 2 rings (SSSR count). The molecule has 108 valence electrons. The molecular weight excluding hydrogens is 256 g/mol. The summed E-state index contributed by atoms with van der Waals surface area (Å²) in [6.45, 7) is 3.61. The van der Waals surface area contributed by atoms with Gasteiger partial charge in [0.2, 0.25) is 5.91 Å². The van der Waals surface area contributed by atoms with Gasteiger partial charge in [0, 0.05) is 18.7 Å². The monoisotopic (exact) mass is 276 g/mol. The highest BCUT2D eigenvalue weighted by Gasteiger charge is 2.29. The molecule has 1 amide bonds. The van der Waals surface area contributed by atoms with Crippen molar-refractivity contribution in [2.24, 2.45) is 11.8 Å². The first-order chi connectivity index (χ1) is 9.58. The Balaban J connectivity index is 2.04. The van der Waals surface area contributed by atoms with Crippen molar-refractivity contribution in [3.8, 4) is 0 Å². The molecule has 0 radical (unpaired) electrons. The summed E-state index contributed by atoms with van der Waals surface area (Å²) in [5.41, 5.74) is 1.58. The van der Waals surface area contributed by atoms with E-state index in [1.165, 1.54) is 0 Å². The van der Waals surface area contributed by atoms with Gasteiger partial charge in [-0.05, 0) is 30.5 Å². The number of nitrogens with one attached hydrogen (secondary N) is 2. The van der Waals surface area contributed by atoms with Crippen LogP contribution in [0.1, 0.15) is 18.9 Å². The minimum absolute atomic E-state index is 0.00488. The zero-order chi connectivity index (χ0) is 14.5. The van der Waals surface area contributed by atoms with Crippen LogP contribution in [0.25, 0.3) is 0 Å². The Morgan fingerprint density at radius 3 is 2.75 bits per heavy atom. The number of benzene rings is 1. The van der Waals surface area contributed by atoms with E-state index in [9.17, 15) is 9.59 Å². The maximum Gasteiger partial charge on any atom is 0.303 e. The van der Waals surface area contributed by atoms with Crippen LogP contribution in [-0.2, 0) is 16.0 Å². The molecule has 0 saturated carbocycles. The molecule has 1 fully saturated rings. The SMILES string of the molecule is CC1CNCC1C(=O)Nc1ccccc1CCC(=O)O. The van der Waals surface area contributed by atoms with Gasteiger partial charge in [0.15, 0.2) is 0 Å². The van der Waals surface area contributed by atoms with E-state index in [1.807, 2.05) is 24.3 Å². The molecule has 1 aromatic rings. The lowest BCUT2D eigenvalue weighted by Crippen LogP contribution is -2.28. The lowest BCUT2D eigenvalue weighted by atomic mass is 9.97. The summed E-state index contributed by atoms with van der Waals surface area (Å²) < 4.78 is 0. The average Bonchev–Trinajstić information content (AvgIpc) is 2.84. The number of aryl methyl sites for hydroxylation is 1. The normalized spacial score (nSPS) is 21.6. The topological polar surface area (TPSA) is 78.4 Å². The van der Waals surface area contributed by atoms with Crippen LogP contribution in [0.3, 0.4) is 0 Å². The summed E-state index contributed by atoms with van der Waals surface area (Å²) in [6.07, 6.45) is 0.485. The zero-order valence-electron chi connectivity index (χ0n) is 11.6. The average molecular weight is 276 g/mol. The maximum atomic E-state index is 12.2. The van der Waals surface area contributed by atoms with Crippen LogP contribution < -0.4 is 10.6 Å². The Morgan fingerprint density at radius 2 is 2.10 bits per heavy atom. The molecule has 1 aliphatic heterocycles. The van der Waals surface area contributed by atoms with Crippen LogP contribution >= 0.6 is 0 Å². The third-order valence-electron chi connectivity index (χ3n) is 3.74. The lowest BCUT2D eigenvalue weighted by Gasteiger charge is -2.16. The standard InChI is InChI=1S/C15H20N2O3/c1-10-8-16-9-12(10)15(20)17-13-5-3-2-4-11(13)6-7-14(18)19/h2-5,10,12,16H,6-9H2,1H3,(H,17,20)(H,18,19). The summed E-state index contributed by atoms with van der Waals surface area (Å²) in [5, 5.41) is 14.9. The molecule has 1 aromatic carbocycles. The molecule has 20 heavy (non-hydrogen) atoms. The Morgan fingerprint density at radius 1 is 1.35 bits per heavy atom. The largest absolute Gasteiger partial charge is 0.481 e. The number of para-hydroxylation sites is 1. The molecule has 0 spiro atoms. The van der Waals surface area contributed by atoms with Crippen LogP contribution in [0, 0.1) is 11.8 Å². The van der Waals surface area contributed by atoms with Gasteiger partial charge in [-0.25, -0.2) is 0 Å². The molecular formula is C15H20N2O3. The van der Waals surface area contributed by atoms with Crippen molar-refractivity contribution < 1.29 is 14.7 Å². The van der Waals surface area contributed by atoms with E-state index >= 15 is 0 Å². The Kier molecular flexibility index (Phi) is 4.74. The second kappa shape index (κ2) is 6.52. The summed E-state index contributed by atoms with van der Waals surface area (Å²) in [4.78, 5) is 22.9. The van der Waals surface area contributed by atoms with Crippen molar-refractivity contribution in [3.05, 3.63) is 29.8 Å². The van der Waals surface area contributed by atoms with Crippen molar-refractivity contribution in [2.75, 3.05) is 18.4 Å². The smallest absolute Gasteiger partial charge is 0.303 e. The van der Waals surface area contributed by atoms with Crippen molar-refractivity contribution in [1.82, 2.24) is 5.32 Å². The Labute approximate surface area is 118 Å². The van der Waals surface area contributed by atoms with Gasteiger partial charge in [-0.15, -0.1) is 0 Å². The van der Waals surface area contributed by atoms with E-state index in [0.29, 0.717) is 18.9 Å². The third kappa shape index (κ3) is 3.57. The number of anilines is 1. The molecule has 5 nitrogen and oxygen atoms in total. The van der Waals surface area contributed by atoms with Crippen LogP contribution in [0.2, 0.25) is 0 Å². The van der Waals surface area contributed by atoms with Gasteiger partial charge in [0.1, 0.15) is 0 Å². The molecule has 1 aliphatic rings. The molecule has 2 unspecified atom stereocenters. The van der Waals surface area contributed by atoms with Crippen LogP contribution in [0.4, 0.5) is 5.69 Å². The molecule has 5 heteroatoms. The van der Waals surface area contributed by atoms with Crippen molar-refractivity contribution >= 4 is 17.6 Å². The number of carboxylic acid groups (broad SMARTS) is 1. The number of hydrogen-bond donors (Lipinski definition) is 3. The highest BCUT2D eigenvalue weighted by molar-refractivity contribution is 5.93. The van der Waals surface area contributed by atoms with Gasteiger partial charge in [-0.3, -0.25) is 9.59 Å². The molecule has 3 N–H and O–H groups in total. The molecule has 1 heterocycles. The van der Waals surface area contributed by atoms with Gasteiger partial charge in [-0.2, -0.15) is 0 Å². The maximum absolute atomic E-state index is 12.2. The highest BCUT2D eigenvalue weighted by atomic mass is 16.4. The quantitative estimate of drug-likeness (QED) is 0.761. The first kappa shape index (κ1) is 14.5. The highest BCUT2D eigenvalue weighted by Crippen LogP contribution is 2.21. The fourth-order valence-corrected chi connectivity index (χ4v) is 2.49. The summed E-state index contributed by atoms with van der Waals surface area (Å²) >= 11 is 0. The van der Waals surface area contributed by atoms with Gasteiger partial charge in [-0.1, -0.05) is 25.1 Å². The fourth-order valence-electron chi connectivity index (χ4n) is 2.49. The van der Waals surface area contributed by atoms with Crippen molar-refractivity contribution in [1.29, 1.82) is 0 Å². The number of carbonyl (C=O) groups excluding carboxylic acids is 1. The fraction of sp³-hybridized carbons (Fsp3) is 0.467. The van der Waals surface area contributed by atoms with Crippen LogP contribution in [0.5, 0.6) is 0 Å². The number of carbonyl (C=O) groups is 2. The molecule has 0 bridgehead atoms. The van der Waals surface area contributed by atoms with E-state index in [1.54, 1.807) is 0 Å². The first-order valence-electron chi connectivity index (χ1n) is 6.89. The number of amides is 1. The number of carboxylic acids is 1. The molecule has 0 aliphatic carbocycles. The predicted octanol–water partition coefficient (Wildman–Crippen LogP) is 1.50. The molecule has 0 aromatic heterocycles. The van der Waals surface area contributed by atoms with E-state index in [2.05, 4.69) is 17.6 Å². The van der Waals surface area contributed by atoms with Gasteiger partial charge >= 0.3 is 5.97 Å². The minimum Gasteiger partial charge on any atom is -0.481 e. The second-order valence-electron chi connectivity index (χ2n) is 5.28. The summed E-state index contributed by atoms with van der Waals surface area (Å²) in [6, 6.07) is 7.37. The predicted molar refractivity (Wildman–Crippen MR) is 76.6 cm³/mol. The van der Waals surface area contributed by atoms with Gasteiger partial charge in [0.25, 0.3) is 0 Å². The second-order valence-corrected chi connectivity index (χ2v) is 5.28. The van der Waals surface area contributed by atoms with Crippen molar-refractivity contribution in [2.45, 2.75) is 19.8 Å². The third-order valence-corrected chi connectivity index (χ3v) is 3.74. The van der Waals surface area contributed by atoms with E-state index < -0.39 is 5.97 Å². The van der Waals surface area contributed by atoms with E-state index in [-0.39, 0.29) is 18.2 Å². The van der Waals surface area contributed by atoms with Crippen LogP contribution in [0.15, 0.2) is 24.3 Å². The van der Waals surface area contributed by atoms with Gasteiger partial charge < -0.3 is 15.7 Å². The van der Waals surface area contributed by atoms with Crippen LogP contribution in [-0.4, -0.2) is 30.1 Å². The Bertz CT molecular complexity index is 502. The summed E-state index contributed by atoms with van der Waals surface area (Å²) in [7, 11) is 0. The minimum atomic E-state index is -0.834. The van der Waals surface area contributed by atoms with Gasteiger partial charge in [0.05, 0.1) is 5.92 Å². The van der Waals surface area contributed by atoms with E-state index in [0.717, 1.165) is 17.8 Å². The first-order valence-corrected chi connectivity index (χ1v) is 6.89. The lowest BCUT2D eigenvalue weighted by molar-refractivity contribution is -0.137. The molecule has 2 atom stereocenters. The molecule has 1 saturated heterocycles. The number of rotatable bonds is 5. The Hall–Kier alpha value is -1.88. The number of aliphatic carboxylic acids is 1. The number of hydrogen-bond acceptors (Lipinski definition) is 3. The summed E-state index contributed by atoms with van der Waals surface area (Å²) in [5.74, 6) is -0.534. The van der Waals surface area contributed by atoms with E-state index in [4.69, 9.17) is 5.11 Å². The van der Waals surface area contributed by atoms with Crippen molar-refractivity contribution in [3.63, 3.8) is 0 Å².